The molecule has 0 heterocycles. The molecule has 0 amide bonds. The minimum atomic E-state index is -0.218. The van der Waals surface area contributed by atoms with E-state index in [4.69, 9.17) is 4.99 Å². The van der Waals surface area contributed by atoms with Gasteiger partial charge in [0, 0.05) is 6.04 Å². The summed E-state index contributed by atoms with van der Waals surface area (Å²) in [6.07, 6.45) is 28.6. The number of amidine groups is 1. The molecule has 1 unspecified atom stereocenters. The second-order valence-corrected chi connectivity index (χ2v) is 10.1. The Labute approximate surface area is 168 Å². The van der Waals surface area contributed by atoms with Gasteiger partial charge in [0.15, 0.2) is 0 Å². The highest BCUT2D eigenvalue weighted by atomic mass is 31.1. The number of hydrogen-bond acceptors (Lipinski definition) is 1. The molecule has 1 atom stereocenters. The number of aliphatic imine (C=N–C) groups is 1. The molecule has 2 rings (SSSR count). The Morgan fingerprint density at radius 1 is 1.22 bits per heavy atom. The van der Waals surface area contributed by atoms with Crippen molar-refractivity contribution < 1.29 is 0 Å². The third-order valence-corrected chi connectivity index (χ3v) is 7.66. The van der Waals surface area contributed by atoms with Crippen molar-refractivity contribution in [3.8, 4) is 0 Å². The quantitative estimate of drug-likeness (QED) is 0.134. The van der Waals surface area contributed by atoms with Crippen LogP contribution < -0.4 is 5.32 Å². The Kier molecular flexibility index (Phi) is 11.4. The third-order valence-electron chi connectivity index (χ3n) is 5.37. The lowest BCUT2D eigenvalue weighted by molar-refractivity contribution is 0.414. The van der Waals surface area contributed by atoms with Gasteiger partial charge in [-0.1, -0.05) is 62.6 Å². The predicted molar refractivity (Wildman–Crippen MR) is 124 cm³/mol. The molecule has 0 aromatic heterocycles. The highest BCUT2D eigenvalue weighted by Gasteiger charge is 2.19. The van der Waals surface area contributed by atoms with E-state index >= 15 is 0 Å². The standard InChI is InChI=1S/C24H39N2P/c1-3-5-6-7-8-15-20-27(4-2)24(26-23-18-13-10-14-19-23)25-21-22-16-11-9-12-17-22/h3,8,11,15-17,23H,1,4-7,9-10,12-14,18-21H2,2H3,(H,25,26)/b15-8-. The van der Waals surface area contributed by atoms with Gasteiger partial charge in [0.05, 0.1) is 6.54 Å². The number of unbranched alkanes of at least 4 members (excludes halogenated alkanes) is 2. The second-order valence-electron chi connectivity index (χ2n) is 7.61. The number of rotatable bonds is 11. The minimum Gasteiger partial charge on any atom is -0.367 e. The van der Waals surface area contributed by atoms with Gasteiger partial charge in [-0.2, -0.15) is 0 Å². The van der Waals surface area contributed by atoms with Crippen molar-refractivity contribution in [1.29, 1.82) is 0 Å². The van der Waals surface area contributed by atoms with Crippen LogP contribution in [0.2, 0.25) is 0 Å². The molecular weight excluding hydrogens is 347 g/mol. The predicted octanol–water partition coefficient (Wildman–Crippen LogP) is 6.96. The zero-order valence-corrected chi connectivity index (χ0v) is 18.2. The van der Waals surface area contributed by atoms with Gasteiger partial charge in [-0.15, -0.1) is 6.58 Å². The molecule has 0 aliphatic heterocycles. The molecule has 0 bridgehead atoms. The Balaban J connectivity index is 1.97. The van der Waals surface area contributed by atoms with Crippen molar-refractivity contribution in [2.75, 3.05) is 18.9 Å². The molecule has 1 N–H and O–H groups in total. The molecule has 2 nitrogen and oxygen atoms in total. The minimum absolute atomic E-state index is 0.218. The summed E-state index contributed by atoms with van der Waals surface area (Å²) >= 11 is 0. The fourth-order valence-corrected chi connectivity index (χ4v) is 5.45. The van der Waals surface area contributed by atoms with E-state index in [2.05, 4.69) is 49.2 Å². The van der Waals surface area contributed by atoms with Crippen LogP contribution in [-0.4, -0.2) is 30.5 Å². The van der Waals surface area contributed by atoms with Crippen LogP contribution in [0.15, 0.2) is 53.6 Å². The van der Waals surface area contributed by atoms with Crippen LogP contribution in [0.5, 0.6) is 0 Å². The fourth-order valence-electron chi connectivity index (χ4n) is 3.68. The zero-order valence-electron chi connectivity index (χ0n) is 17.3. The van der Waals surface area contributed by atoms with Crippen LogP contribution >= 0.6 is 7.92 Å². The van der Waals surface area contributed by atoms with E-state index in [0.717, 1.165) is 19.1 Å². The SMILES string of the molecule is C=CCCC/C=C\CP(CC)C(=NCC1=CCCC=C1)NC1CCCCC1. The lowest BCUT2D eigenvalue weighted by Gasteiger charge is -2.28. The van der Waals surface area contributed by atoms with Gasteiger partial charge in [-0.25, -0.2) is 0 Å². The summed E-state index contributed by atoms with van der Waals surface area (Å²) in [5, 5.41) is 3.89. The summed E-state index contributed by atoms with van der Waals surface area (Å²) in [4.78, 5) is 5.11. The molecule has 0 radical (unpaired) electrons. The van der Waals surface area contributed by atoms with Crippen LogP contribution in [-0.2, 0) is 0 Å². The topological polar surface area (TPSA) is 24.4 Å². The summed E-state index contributed by atoms with van der Waals surface area (Å²) < 4.78 is 0. The maximum Gasteiger partial charge on any atom is 0.120 e. The smallest absolute Gasteiger partial charge is 0.120 e. The van der Waals surface area contributed by atoms with Crippen molar-refractivity contribution in [2.45, 2.75) is 77.2 Å². The Morgan fingerprint density at radius 2 is 2.07 bits per heavy atom. The van der Waals surface area contributed by atoms with Crippen molar-refractivity contribution >= 4 is 13.5 Å². The van der Waals surface area contributed by atoms with Gasteiger partial charge in [0.2, 0.25) is 0 Å². The first kappa shape index (κ1) is 22.2. The average Bonchev–Trinajstić information content (AvgIpc) is 2.72. The molecule has 150 valence electrons. The molecule has 0 aromatic rings. The molecule has 1 fully saturated rings. The van der Waals surface area contributed by atoms with Crippen molar-refractivity contribution in [2.24, 2.45) is 4.99 Å². The summed E-state index contributed by atoms with van der Waals surface area (Å²) in [6.45, 7) is 6.97. The molecule has 3 heteroatoms. The summed E-state index contributed by atoms with van der Waals surface area (Å²) in [5.41, 5.74) is 2.70. The summed E-state index contributed by atoms with van der Waals surface area (Å²) in [7, 11) is -0.218. The van der Waals surface area contributed by atoms with Gasteiger partial charge in [-0.05, 0) is 70.8 Å². The Hall–Kier alpha value is -1.14. The van der Waals surface area contributed by atoms with Crippen LogP contribution in [0, 0.1) is 0 Å². The van der Waals surface area contributed by atoms with Crippen molar-refractivity contribution in [1.82, 2.24) is 5.32 Å². The van der Waals surface area contributed by atoms with E-state index in [1.807, 2.05) is 6.08 Å². The van der Waals surface area contributed by atoms with Crippen LogP contribution in [0.1, 0.15) is 71.1 Å². The third kappa shape index (κ3) is 9.06. The van der Waals surface area contributed by atoms with E-state index in [9.17, 15) is 0 Å². The highest BCUT2D eigenvalue weighted by Crippen LogP contribution is 2.37. The molecule has 2 aliphatic carbocycles. The number of nitrogens with one attached hydrogen (secondary N) is 1. The van der Waals surface area contributed by atoms with Gasteiger partial charge >= 0.3 is 0 Å². The Bertz CT molecular complexity index is 539. The lowest BCUT2D eigenvalue weighted by Crippen LogP contribution is -2.36. The number of allylic oxidation sites excluding steroid dienone is 5. The van der Waals surface area contributed by atoms with Crippen LogP contribution in [0.3, 0.4) is 0 Å². The average molecular weight is 387 g/mol. The van der Waals surface area contributed by atoms with Crippen molar-refractivity contribution in [3.05, 3.63) is 48.6 Å². The fraction of sp³-hybridized carbons (Fsp3) is 0.625. The molecule has 1 saturated carbocycles. The summed E-state index contributed by atoms with van der Waals surface area (Å²) in [6, 6.07) is 0.640. The molecule has 0 spiro atoms. The maximum atomic E-state index is 5.11. The molecule has 0 aromatic carbocycles. The molecule has 27 heavy (non-hydrogen) atoms. The monoisotopic (exact) mass is 386 g/mol. The number of hydrogen-bond donors (Lipinski definition) is 1. The van der Waals surface area contributed by atoms with Crippen molar-refractivity contribution in [3.63, 3.8) is 0 Å². The van der Waals surface area contributed by atoms with Gasteiger partial charge < -0.3 is 5.32 Å². The zero-order chi connectivity index (χ0) is 19.2. The first-order valence-electron chi connectivity index (χ1n) is 11.0. The van der Waals surface area contributed by atoms with E-state index < -0.39 is 0 Å². The first-order valence-corrected chi connectivity index (χ1v) is 12.7. The van der Waals surface area contributed by atoms with E-state index in [1.54, 1.807) is 0 Å². The normalized spacial score (nSPS) is 19.9. The van der Waals surface area contributed by atoms with Gasteiger partial charge in [-0.3, -0.25) is 4.99 Å². The molecular formula is C24H39N2P. The largest absolute Gasteiger partial charge is 0.367 e. The Morgan fingerprint density at radius 3 is 2.78 bits per heavy atom. The second kappa shape index (κ2) is 13.9. The van der Waals surface area contributed by atoms with E-state index in [0.29, 0.717) is 6.04 Å². The number of nitrogens with zero attached hydrogens (tertiary/aromatic N) is 1. The van der Waals surface area contributed by atoms with E-state index in [-0.39, 0.29) is 7.92 Å². The first-order chi connectivity index (χ1) is 13.3. The summed E-state index contributed by atoms with van der Waals surface area (Å²) in [5.74, 6) is 0. The van der Waals surface area contributed by atoms with E-state index in [1.165, 1.54) is 75.1 Å². The van der Waals surface area contributed by atoms with Crippen LogP contribution in [0.4, 0.5) is 0 Å². The lowest BCUT2D eigenvalue weighted by atomic mass is 9.96. The maximum absolute atomic E-state index is 5.11. The van der Waals surface area contributed by atoms with Gasteiger partial charge in [0.1, 0.15) is 5.58 Å². The highest BCUT2D eigenvalue weighted by molar-refractivity contribution is 7.75. The molecule has 0 saturated heterocycles. The van der Waals surface area contributed by atoms with Crippen LogP contribution in [0.25, 0.3) is 0 Å². The van der Waals surface area contributed by atoms with Gasteiger partial charge in [0.25, 0.3) is 0 Å². The molecule has 2 aliphatic rings.